The average Bonchev–Trinajstić information content (AvgIpc) is 2.80. The van der Waals surface area contributed by atoms with Crippen molar-refractivity contribution < 1.29 is 14.6 Å². The van der Waals surface area contributed by atoms with Gasteiger partial charge in [-0.2, -0.15) is 0 Å². The van der Waals surface area contributed by atoms with E-state index in [0.29, 0.717) is 35.0 Å². The summed E-state index contributed by atoms with van der Waals surface area (Å²) in [5.74, 6) is 2.13. The molecule has 4 rings (SSSR count). The Morgan fingerprint density at radius 1 is 1.03 bits per heavy atom. The standard InChI is InChI=1S/C25H25N3O3/c1-4-31-20-13-11-18(15-21(20)30-3)23(28-22-7-5-6-14-26-22)19-12-10-17-9-8-16(2)27-24(17)25(19)29/h5-15,23,29H,4H2,1-3H3,(H,26,28)/t23-/m0/s1. The Bertz CT molecular complexity index is 1200. The minimum atomic E-state index is -0.383. The molecule has 0 aliphatic carbocycles. The zero-order valence-corrected chi connectivity index (χ0v) is 17.8. The molecule has 0 spiro atoms. The lowest BCUT2D eigenvalue weighted by Crippen LogP contribution is -2.14. The summed E-state index contributed by atoms with van der Waals surface area (Å²) >= 11 is 0. The van der Waals surface area contributed by atoms with Gasteiger partial charge in [0.2, 0.25) is 0 Å². The average molecular weight is 415 g/mol. The van der Waals surface area contributed by atoms with Gasteiger partial charge in [0, 0.05) is 22.8 Å². The van der Waals surface area contributed by atoms with Crippen LogP contribution >= 0.6 is 0 Å². The van der Waals surface area contributed by atoms with E-state index in [-0.39, 0.29) is 11.8 Å². The summed E-state index contributed by atoms with van der Waals surface area (Å²) in [6.07, 6.45) is 1.73. The van der Waals surface area contributed by atoms with E-state index in [2.05, 4.69) is 15.3 Å². The van der Waals surface area contributed by atoms with Gasteiger partial charge < -0.3 is 19.9 Å². The quantitative estimate of drug-likeness (QED) is 0.429. The Morgan fingerprint density at radius 2 is 1.87 bits per heavy atom. The highest BCUT2D eigenvalue weighted by atomic mass is 16.5. The molecule has 2 heterocycles. The second-order valence-electron chi connectivity index (χ2n) is 7.16. The molecule has 0 radical (unpaired) electrons. The van der Waals surface area contributed by atoms with E-state index in [4.69, 9.17) is 9.47 Å². The molecule has 158 valence electrons. The number of methoxy groups -OCH3 is 1. The van der Waals surface area contributed by atoms with Gasteiger partial charge in [-0.15, -0.1) is 0 Å². The SMILES string of the molecule is CCOc1ccc([C@H](Nc2ccccn2)c2ccc3ccc(C)nc3c2O)cc1OC. The van der Waals surface area contributed by atoms with Gasteiger partial charge in [0.15, 0.2) is 11.5 Å². The van der Waals surface area contributed by atoms with Crippen molar-refractivity contribution >= 4 is 16.7 Å². The number of hydrogen-bond acceptors (Lipinski definition) is 6. The van der Waals surface area contributed by atoms with Gasteiger partial charge in [-0.05, 0) is 49.7 Å². The highest BCUT2D eigenvalue weighted by Gasteiger charge is 2.22. The van der Waals surface area contributed by atoms with E-state index in [9.17, 15) is 5.11 Å². The van der Waals surface area contributed by atoms with Crippen LogP contribution in [0.4, 0.5) is 5.82 Å². The van der Waals surface area contributed by atoms with Gasteiger partial charge in [-0.1, -0.05) is 30.3 Å². The molecule has 0 bridgehead atoms. The summed E-state index contributed by atoms with van der Waals surface area (Å²) in [7, 11) is 1.61. The van der Waals surface area contributed by atoms with Crippen LogP contribution in [0.15, 0.2) is 66.9 Å². The molecule has 31 heavy (non-hydrogen) atoms. The normalized spacial score (nSPS) is 11.8. The molecule has 0 saturated carbocycles. The van der Waals surface area contributed by atoms with Crippen molar-refractivity contribution in [3.63, 3.8) is 0 Å². The molecule has 0 aliphatic rings. The topological polar surface area (TPSA) is 76.5 Å². The number of hydrogen-bond donors (Lipinski definition) is 2. The van der Waals surface area contributed by atoms with Gasteiger partial charge >= 0.3 is 0 Å². The van der Waals surface area contributed by atoms with Crippen LogP contribution in [0.2, 0.25) is 0 Å². The third-order valence-corrected chi connectivity index (χ3v) is 5.09. The number of ether oxygens (including phenoxy) is 2. The number of pyridine rings is 2. The second-order valence-corrected chi connectivity index (χ2v) is 7.16. The number of nitrogens with one attached hydrogen (secondary N) is 1. The molecule has 6 nitrogen and oxygen atoms in total. The van der Waals surface area contributed by atoms with Crippen LogP contribution in [0.3, 0.4) is 0 Å². The molecule has 0 saturated heterocycles. The van der Waals surface area contributed by atoms with Crippen LogP contribution < -0.4 is 14.8 Å². The van der Waals surface area contributed by atoms with Crippen LogP contribution in [0.1, 0.15) is 29.8 Å². The molecule has 0 amide bonds. The van der Waals surface area contributed by atoms with Crippen molar-refractivity contribution in [1.29, 1.82) is 0 Å². The van der Waals surface area contributed by atoms with Crippen LogP contribution in [0, 0.1) is 6.92 Å². The number of benzene rings is 2. The zero-order chi connectivity index (χ0) is 21.8. The van der Waals surface area contributed by atoms with E-state index >= 15 is 0 Å². The van der Waals surface area contributed by atoms with Crippen LogP contribution in [0.5, 0.6) is 17.2 Å². The van der Waals surface area contributed by atoms with E-state index in [1.807, 2.05) is 74.5 Å². The summed E-state index contributed by atoms with van der Waals surface area (Å²) in [4.78, 5) is 8.95. The molecule has 2 aromatic carbocycles. The predicted octanol–water partition coefficient (Wildman–Crippen LogP) is 5.25. The second kappa shape index (κ2) is 8.92. The van der Waals surface area contributed by atoms with E-state index < -0.39 is 0 Å². The minimum absolute atomic E-state index is 0.141. The molecule has 2 aromatic heterocycles. The number of phenols is 1. The number of anilines is 1. The van der Waals surface area contributed by atoms with Crippen LogP contribution in [-0.2, 0) is 0 Å². The van der Waals surface area contributed by atoms with E-state index in [0.717, 1.165) is 16.6 Å². The maximum Gasteiger partial charge on any atom is 0.161 e. The largest absolute Gasteiger partial charge is 0.505 e. The van der Waals surface area contributed by atoms with Crippen LogP contribution in [0.25, 0.3) is 10.9 Å². The third kappa shape index (κ3) is 4.23. The summed E-state index contributed by atoms with van der Waals surface area (Å²) in [6.45, 7) is 4.38. The molecule has 2 N–H and O–H groups in total. The Hall–Kier alpha value is -3.80. The number of aromatic hydroxyl groups is 1. The monoisotopic (exact) mass is 415 g/mol. The first-order chi connectivity index (χ1) is 15.1. The van der Waals surface area contributed by atoms with Crippen molar-refractivity contribution in [1.82, 2.24) is 9.97 Å². The fourth-order valence-corrected chi connectivity index (χ4v) is 3.59. The van der Waals surface area contributed by atoms with Crippen molar-refractivity contribution in [3.05, 3.63) is 83.7 Å². The summed E-state index contributed by atoms with van der Waals surface area (Å²) in [5, 5.41) is 15.5. The number of rotatable bonds is 7. The summed E-state index contributed by atoms with van der Waals surface area (Å²) in [6, 6.07) is 18.8. The first-order valence-electron chi connectivity index (χ1n) is 10.2. The Kier molecular flexibility index (Phi) is 5.89. The van der Waals surface area contributed by atoms with E-state index in [1.54, 1.807) is 13.3 Å². The van der Waals surface area contributed by atoms with Crippen molar-refractivity contribution in [2.45, 2.75) is 19.9 Å². The number of fused-ring (bicyclic) bond motifs is 1. The van der Waals surface area contributed by atoms with Gasteiger partial charge in [-0.3, -0.25) is 0 Å². The molecule has 0 fully saturated rings. The fourth-order valence-electron chi connectivity index (χ4n) is 3.59. The lowest BCUT2D eigenvalue weighted by atomic mass is 9.95. The highest BCUT2D eigenvalue weighted by Crippen LogP contribution is 2.39. The summed E-state index contributed by atoms with van der Waals surface area (Å²) < 4.78 is 11.2. The lowest BCUT2D eigenvalue weighted by molar-refractivity contribution is 0.310. The maximum atomic E-state index is 11.2. The lowest BCUT2D eigenvalue weighted by Gasteiger charge is -2.23. The Balaban J connectivity index is 1.86. The van der Waals surface area contributed by atoms with Crippen molar-refractivity contribution in [3.8, 4) is 17.2 Å². The number of phenolic OH excluding ortho intramolecular Hbond substituents is 1. The van der Waals surface area contributed by atoms with Gasteiger partial charge in [0.25, 0.3) is 0 Å². The molecule has 1 atom stereocenters. The Morgan fingerprint density at radius 3 is 2.61 bits per heavy atom. The summed E-state index contributed by atoms with van der Waals surface area (Å²) in [5.41, 5.74) is 3.01. The molecule has 4 aromatic rings. The zero-order valence-electron chi connectivity index (χ0n) is 17.8. The van der Waals surface area contributed by atoms with Crippen LogP contribution in [-0.4, -0.2) is 28.8 Å². The van der Waals surface area contributed by atoms with Gasteiger partial charge in [-0.25, -0.2) is 9.97 Å². The third-order valence-electron chi connectivity index (χ3n) is 5.09. The first kappa shape index (κ1) is 20.5. The number of nitrogens with zero attached hydrogens (tertiary/aromatic N) is 2. The predicted molar refractivity (Wildman–Crippen MR) is 122 cm³/mol. The number of aryl methyl sites for hydroxylation is 1. The van der Waals surface area contributed by atoms with Crippen molar-refractivity contribution in [2.24, 2.45) is 0 Å². The van der Waals surface area contributed by atoms with Crippen molar-refractivity contribution in [2.75, 3.05) is 19.0 Å². The van der Waals surface area contributed by atoms with E-state index in [1.165, 1.54) is 0 Å². The van der Waals surface area contributed by atoms with Gasteiger partial charge in [0.1, 0.15) is 17.1 Å². The smallest absolute Gasteiger partial charge is 0.161 e. The number of aromatic nitrogens is 2. The molecular formula is C25H25N3O3. The first-order valence-corrected chi connectivity index (χ1v) is 10.2. The Labute approximate surface area is 181 Å². The minimum Gasteiger partial charge on any atom is -0.505 e. The highest BCUT2D eigenvalue weighted by molar-refractivity contribution is 5.86. The molecule has 6 heteroatoms. The van der Waals surface area contributed by atoms with Gasteiger partial charge in [0.05, 0.1) is 19.8 Å². The molecule has 0 unspecified atom stereocenters. The fraction of sp³-hybridized carbons (Fsp3) is 0.200. The maximum absolute atomic E-state index is 11.2. The molecular weight excluding hydrogens is 390 g/mol. The molecule has 0 aliphatic heterocycles.